The van der Waals surface area contributed by atoms with Crippen molar-refractivity contribution in [1.29, 1.82) is 0 Å². The summed E-state index contributed by atoms with van der Waals surface area (Å²) < 4.78 is 5.92. The summed E-state index contributed by atoms with van der Waals surface area (Å²) in [5.41, 5.74) is 0. The van der Waals surface area contributed by atoms with Gasteiger partial charge in [-0.25, -0.2) is 4.79 Å². The second kappa shape index (κ2) is 4.43. The Bertz CT molecular complexity index is 357. The second-order valence-corrected chi connectivity index (χ2v) is 3.94. The predicted molar refractivity (Wildman–Crippen MR) is 50.6 cm³/mol. The molecule has 1 heterocycles. The molecule has 0 saturated carbocycles. The summed E-state index contributed by atoms with van der Waals surface area (Å²) in [6, 6.07) is 0. The van der Waals surface area contributed by atoms with E-state index in [0.717, 1.165) is 16.0 Å². The van der Waals surface area contributed by atoms with E-state index in [2.05, 4.69) is 9.84 Å². The fourth-order valence-corrected chi connectivity index (χ4v) is 1.83. The summed E-state index contributed by atoms with van der Waals surface area (Å²) in [7, 11) is 0. The van der Waals surface area contributed by atoms with Gasteiger partial charge in [0.1, 0.15) is 0 Å². The standard InChI is InChI=1S/C6H8N2O3S2/c1-3-11-5(9)8-6(10)13-4(7-8)12-2/h3H2,1-2H3. The van der Waals surface area contributed by atoms with Crippen LogP contribution in [0.3, 0.4) is 0 Å². The molecule has 1 aromatic heterocycles. The molecule has 0 aromatic carbocycles. The van der Waals surface area contributed by atoms with Crippen LogP contribution in [0.15, 0.2) is 9.13 Å². The topological polar surface area (TPSA) is 61.2 Å². The Labute approximate surface area is 82.7 Å². The number of hydrogen-bond acceptors (Lipinski definition) is 6. The van der Waals surface area contributed by atoms with E-state index in [1.54, 1.807) is 13.2 Å². The third-order valence-corrected chi connectivity index (χ3v) is 2.93. The van der Waals surface area contributed by atoms with Crippen molar-refractivity contribution in [2.24, 2.45) is 0 Å². The Hall–Kier alpha value is -0.820. The first-order valence-electron chi connectivity index (χ1n) is 3.50. The van der Waals surface area contributed by atoms with Crippen LogP contribution >= 0.6 is 23.1 Å². The number of nitrogens with zero attached hydrogens (tertiary/aromatic N) is 2. The molecule has 0 aliphatic heterocycles. The first-order valence-corrected chi connectivity index (χ1v) is 5.54. The largest absolute Gasteiger partial charge is 0.448 e. The number of thioether (sulfide) groups is 1. The Morgan fingerprint density at radius 2 is 2.46 bits per heavy atom. The van der Waals surface area contributed by atoms with Crippen molar-refractivity contribution in [2.45, 2.75) is 11.3 Å². The molecule has 0 amide bonds. The molecule has 1 aromatic rings. The lowest BCUT2D eigenvalue weighted by Gasteiger charge is -1.97. The molecule has 0 N–H and O–H groups in total. The molecule has 72 valence electrons. The van der Waals surface area contributed by atoms with Gasteiger partial charge in [0.15, 0.2) is 4.34 Å². The number of carbonyl (C=O) groups is 1. The van der Waals surface area contributed by atoms with E-state index >= 15 is 0 Å². The van der Waals surface area contributed by atoms with Crippen molar-refractivity contribution in [3.8, 4) is 0 Å². The van der Waals surface area contributed by atoms with Crippen LogP contribution in [0.1, 0.15) is 6.92 Å². The zero-order chi connectivity index (χ0) is 9.84. The quantitative estimate of drug-likeness (QED) is 0.697. The average molecular weight is 220 g/mol. The number of carbonyl (C=O) groups excluding carboxylic acids is 1. The first kappa shape index (κ1) is 10.3. The van der Waals surface area contributed by atoms with Crippen LogP contribution in [-0.4, -0.2) is 28.7 Å². The lowest BCUT2D eigenvalue weighted by atomic mass is 10.9. The van der Waals surface area contributed by atoms with Gasteiger partial charge in [-0.15, -0.1) is 9.78 Å². The SMILES string of the molecule is CCOC(=O)n1nc(SC)sc1=O. The Balaban J connectivity index is 2.94. The van der Waals surface area contributed by atoms with Crippen molar-refractivity contribution >= 4 is 29.2 Å². The van der Waals surface area contributed by atoms with Crippen molar-refractivity contribution in [1.82, 2.24) is 9.78 Å². The van der Waals surface area contributed by atoms with Gasteiger partial charge in [-0.05, 0) is 24.5 Å². The minimum absolute atomic E-state index is 0.234. The van der Waals surface area contributed by atoms with Crippen LogP contribution < -0.4 is 4.87 Å². The minimum atomic E-state index is -0.718. The van der Waals surface area contributed by atoms with Gasteiger partial charge in [0, 0.05) is 0 Å². The molecule has 13 heavy (non-hydrogen) atoms. The van der Waals surface area contributed by atoms with Gasteiger partial charge < -0.3 is 4.74 Å². The van der Waals surface area contributed by atoms with Crippen molar-refractivity contribution in [2.75, 3.05) is 12.9 Å². The smallest absolute Gasteiger partial charge is 0.438 e. The molecule has 1 rings (SSSR count). The molecule has 0 atom stereocenters. The first-order chi connectivity index (χ1) is 6.19. The van der Waals surface area contributed by atoms with Crippen molar-refractivity contribution < 1.29 is 9.53 Å². The van der Waals surface area contributed by atoms with Gasteiger partial charge in [-0.3, -0.25) is 4.79 Å². The molecular formula is C6H8N2O3S2. The molecule has 5 nitrogen and oxygen atoms in total. The summed E-state index contributed by atoms with van der Waals surface area (Å²) >= 11 is 2.25. The van der Waals surface area contributed by atoms with E-state index in [4.69, 9.17) is 0 Å². The maximum atomic E-state index is 11.1. The molecule has 0 aliphatic carbocycles. The maximum absolute atomic E-state index is 11.1. The van der Waals surface area contributed by atoms with Gasteiger partial charge in [0.25, 0.3) is 0 Å². The number of ether oxygens (including phenoxy) is 1. The summed E-state index contributed by atoms with van der Waals surface area (Å²) in [6.45, 7) is 1.90. The summed E-state index contributed by atoms with van der Waals surface area (Å²) in [6.07, 6.45) is 1.07. The summed E-state index contributed by atoms with van der Waals surface area (Å²) in [5.74, 6) is 0. The minimum Gasteiger partial charge on any atom is -0.448 e. The van der Waals surface area contributed by atoms with Crippen LogP contribution in [0.25, 0.3) is 0 Å². The zero-order valence-electron chi connectivity index (χ0n) is 7.14. The molecule has 0 bridgehead atoms. The summed E-state index contributed by atoms with van der Waals surface area (Å²) in [5, 5.41) is 3.76. The monoisotopic (exact) mass is 220 g/mol. The van der Waals surface area contributed by atoms with Crippen LogP contribution in [-0.2, 0) is 4.74 Å². The maximum Gasteiger partial charge on any atom is 0.438 e. The Morgan fingerprint density at radius 3 is 2.92 bits per heavy atom. The zero-order valence-corrected chi connectivity index (χ0v) is 8.78. The lowest BCUT2D eigenvalue weighted by Crippen LogP contribution is -2.24. The van der Waals surface area contributed by atoms with Crippen LogP contribution in [0.4, 0.5) is 4.79 Å². The van der Waals surface area contributed by atoms with Gasteiger partial charge in [-0.2, -0.15) is 0 Å². The highest BCUT2D eigenvalue weighted by atomic mass is 32.2. The average Bonchev–Trinajstić information content (AvgIpc) is 2.47. The Kier molecular flexibility index (Phi) is 3.49. The highest BCUT2D eigenvalue weighted by molar-refractivity contribution is 8.00. The molecule has 0 unspecified atom stereocenters. The second-order valence-electron chi connectivity index (χ2n) is 1.95. The molecular weight excluding hydrogens is 212 g/mol. The number of hydrogen-bond donors (Lipinski definition) is 0. The van der Waals surface area contributed by atoms with Crippen LogP contribution in [0.2, 0.25) is 0 Å². The highest BCUT2D eigenvalue weighted by Gasteiger charge is 2.12. The van der Waals surface area contributed by atoms with E-state index in [1.165, 1.54) is 11.8 Å². The van der Waals surface area contributed by atoms with Crippen LogP contribution in [0, 0.1) is 0 Å². The lowest BCUT2D eigenvalue weighted by molar-refractivity contribution is 0.149. The fourth-order valence-electron chi connectivity index (χ4n) is 0.643. The normalized spacial score (nSPS) is 10.0. The third-order valence-electron chi connectivity index (χ3n) is 1.14. The summed E-state index contributed by atoms with van der Waals surface area (Å²) in [4.78, 5) is 21.8. The van der Waals surface area contributed by atoms with E-state index in [1.807, 2.05) is 0 Å². The van der Waals surface area contributed by atoms with E-state index in [0.29, 0.717) is 4.34 Å². The van der Waals surface area contributed by atoms with E-state index in [9.17, 15) is 9.59 Å². The number of rotatable bonds is 2. The van der Waals surface area contributed by atoms with Gasteiger partial charge >= 0.3 is 11.0 Å². The third kappa shape index (κ3) is 2.31. The fraction of sp³-hybridized carbons (Fsp3) is 0.500. The van der Waals surface area contributed by atoms with Crippen molar-refractivity contribution in [3.63, 3.8) is 0 Å². The van der Waals surface area contributed by atoms with E-state index in [-0.39, 0.29) is 6.61 Å². The predicted octanol–water partition coefficient (Wildman–Crippen LogP) is 1.03. The Morgan fingerprint density at radius 1 is 1.77 bits per heavy atom. The van der Waals surface area contributed by atoms with Gasteiger partial charge in [0.05, 0.1) is 6.61 Å². The van der Waals surface area contributed by atoms with Gasteiger partial charge in [0.2, 0.25) is 0 Å². The molecule has 0 saturated heterocycles. The molecule has 0 aliphatic rings. The van der Waals surface area contributed by atoms with Crippen molar-refractivity contribution in [3.05, 3.63) is 9.67 Å². The highest BCUT2D eigenvalue weighted by Crippen LogP contribution is 2.12. The molecule has 0 radical (unpaired) electrons. The van der Waals surface area contributed by atoms with Crippen LogP contribution in [0.5, 0.6) is 0 Å². The van der Waals surface area contributed by atoms with Gasteiger partial charge in [-0.1, -0.05) is 11.8 Å². The molecule has 0 fully saturated rings. The molecule has 7 heteroatoms. The number of aromatic nitrogens is 2. The molecule has 0 spiro atoms. The van der Waals surface area contributed by atoms with E-state index < -0.39 is 11.0 Å².